The lowest BCUT2D eigenvalue weighted by Gasteiger charge is -2.10. The van der Waals surface area contributed by atoms with Crippen molar-refractivity contribution in [1.29, 1.82) is 0 Å². The van der Waals surface area contributed by atoms with Crippen LogP contribution in [0.15, 0.2) is 59.1 Å². The molecule has 7 heteroatoms. The smallest absolute Gasteiger partial charge is 0.246 e. The molecule has 0 saturated carbocycles. The van der Waals surface area contributed by atoms with E-state index in [1.165, 1.54) is 5.56 Å². The van der Waals surface area contributed by atoms with Crippen molar-refractivity contribution in [3.8, 4) is 17.1 Å². The number of hydrogen-bond donors (Lipinski definition) is 1. The highest BCUT2D eigenvalue weighted by molar-refractivity contribution is 7.99. The van der Waals surface area contributed by atoms with E-state index in [1.807, 2.05) is 49.4 Å². The summed E-state index contributed by atoms with van der Waals surface area (Å²) >= 11 is 1.59. The van der Waals surface area contributed by atoms with E-state index >= 15 is 0 Å². The van der Waals surface area contributed by atoms with Gasteiger partial charge in [-0.15, -0.1) is 11.8 Å². The van der Waals surface area contributed by atoms with E-state index in [0.717, 1.165) is 17.1 Å². The van der Waals surface area contributed by atoms with Crippen molar-refractivity contribution in [3.63, 3.8) is 0 Å². The molecule has 0 saturated heterocycles. The van der Waals surface area contributed by atoms with Gasteiger partial charge in [-0.1, -0.05) is 47.6 Å². The van der Waals surface area contributed by atoms with Gasteiger partial charge in [-0.05, 0) is 24.6 Å². The number of hydrogen-bond acceptors (Lipinski definition) is 6. The summed E-state index contributed by atoms with van der Waals surface area (Å²) in [5, 5.41) is 6.63. The number of aromatic nitrogens is 2. The van der Waals surface area contributed by atoms with Crippen molar-refractivity contribution in [2.75, 3.05) is 7.11 Å². The van der Waals surface area contributed by atoms with Crippen molar-refractivity contribution in [2.45, 2.75) is 24.5 Å². The molecule has 0 aliphatic rings. The van der Waals surface area contributed by atoms with Gasteiger partial charge in [-0.25, -0.2) is 0 Å². The zero-order chi connectivity index (χ0) is 19.1. The number of carbonyl (C=O) groups excluding carboxylic acids is 1. The average molecular weight is 383 g/mol. The van der Waals surface area contributed by atoms with Crippen molar-refractivity contribution < 1.29 is 14.1 Å². The third kappa shape index (κ3) is 5.34. The SMILES string of the molecule is COc1cccc(-c2noc(CNC(=O)[C@H](C)SCc3ccccc3)n2)c1. The van der Waals surface area contributed by atoms with Gasteiger partial charge in [0, 0.05) is 11.3 Å². The highest BCUT2D eigenvalue weighted by Crippen LogP contribution is 2.21. The standard InChI is InChI=1S/C20H21N3O3S/c1-14(27-13-15-7-4-3-5-8-15)20(24)21-12-18-22-19(23-26-18)16-9-6-10-17(11-16)25-2/h3-11,14H,12-13H2,1-2H3,(H,21,24)/t14-/m0/s1. The van der Waals surface area contributed by atoms with E-state index in [4.69, 9.17) is 9.26 Å². The first-order valence-corrected chi connectivity index (χ1v) is 9.61. The molecule has 0 fully saturated rings. The topological polar surface area (TPSA) is 77.3 Å². The molecule has 1 atom stereocenters. The van der Waals surface area contributed by atoms with Crippen LogP contribution in [0.3, 0.4) is 0 Å². The molecule has 6 nitrogen and oxygen atoms in total. The lowest BCUT2D eigenvalue weighted by Crippen LogP contribution is -2.30. The van der Waals surface area contributed by atoms with Gasteiger partial charge in [0.05, 0.1) is 18.9 Å². The van der Waals surface area contributed by atoms with Crippen LogP contribution in [0.2, 0.25) is 0 Å². The summed E-state index contributed by atoms with van der Waals surface area (Å²) in [6.45, 7) is 2.09. The average Bonchev–Trinajstić information content (AvgIpc) is 3.20. The van der Waals surface area contributed by atoms with E-state index in [9.17, 15) is 4.79 Å². The highest BCUT2D eigenvalue weighted by Gasteiger charge is 2.15. The molecule has 1 heterocycles. The van der Waals surface area contributed by atoms with Crippen LogP contribution in [-0.4, -0.2) is 28.4 Å². The number of thioether (sulfide) groups is 1. The van der Waals surface area contributed by atoms with Crippen LogP contribution in [0.25, 0.3) is 11.4 Å². The Balaban J connectivity index is 1.51. The van der Waals surface area contributed by atoms with E-state index < -0.39 is 0 Å². The number of carbonyl (C=O) groups is 1. The minimum atomic E-state index is -0.175. The van der Waals surface area contributed by atoms with Gasteiger partial charge in [-0.3, -0.25) is 4.79 Å². The number of ether oxygens (including phenoxy) is 1. The molecular weight excluding hydrogens is 362 g/mol. The Kier molecular flexibility index (Phi) is 6.49. The molecule has 0 spiro atoms. The maximum absolute atomic E-state index is 12.3. The number of methoxy groups -OCH3 is 1. The summed E-state index contributed by atoms with van der Waals surface area (Å²) in [6, 6.07) is 17.5. The molecule has 0 bridgehead atoms. The van der Waals surface area contributed by atoms with Gasteiger partial charge in [-0.2, -0.15) is 4.98 Å². The number of benzene rings is 2. The Bertz CT molecular complexity index is 883. The van der Waals surface area contributed by atoms with Crippen LogP contribution in [0, 0.1) is 0 Å². The number of amides is 1. The zero-order valence-electron chi connectivity index (χ0n) is 15.2. The molecule has 140 valence electrons. The van der Waals surface area contributed by atoms with Crippen LogP contribution >= 0.6 is 11.8 Å². The zero-order valence-corrected chi connectivity index (χ0v) is 16.0. The monoisotopic (exact) mass is 383 g/mol. The molecule has 0 aliphatic carbocycles. The van der Waals surface area contributed by atoms with Crippen LogP contribution in [0.5, 0.6) is 5.75 Å². The fraction of sp³-hybridized carbons (Fsp3) is 0.250. The lowest BCUT2D eigenvalue weighted by molar-refractivity contribution is -0.120. The van der Waals surface area contributed by atoms with Crippen LogP contribution in [-0.2, 0) is 17.1 Å². The number of nitrogens with one attached hydrogen (secondary N) is 1. The third-order valence-corrected chi connectivity index (χ3v) is 5.14. The van der Waals surface area contributed by atoms with Gasteiger partial charge < -0.3 is 14.6 Å². The van der Waals surface area contributed by atoms with Gasteiger partial charge in [0.1, 0.15) is 5.75 Å². The molecule has 1 N–H and O–H groups in total. The molecular formula is C20H21N3O3S. The molecule has 0 radical (unpaired) electrons. The summed E-state index contributed by atoms with van der Waals surface area (Å²) in [7, 11) is 1.60. The summed E-state index contributed by atoms with van der Waals surface area (Å²) in [5.41, 5.74) is 1.99. The Morgan fingerprint density at radius 3 is 2.81 bits per heavy atom. The van der Waals surface area contributed by atoms with Crippen LogP contribution in [0.1, 0.15) is 18.4 Å². The van der Waals surface area contributed by atoms with E-state index in [2.05, 4.69) is 27.6 Å². The number of nitrogens with zero attached hydrogens (tertiary/aromatic N) is 2. The van der Waals surface area contributed by atoms with Crippen LogP contribution < -0.4 is 10.1 Å². The minimum Gasteiger partial charge on any atom is -0.497 e. The summed E-state index contributed by atoms with van der Waals surface area (Å²) in [6.07, 6.45) is 0. The van der Waals surface area contributed by atoms with Crippen LogP contribution in [0.4, 0.5) is 0 Å². The van der Waals surface area contributed by atoms with Crippen molar-refractivity contribution in [3.05, 3.63) is 66.1 Å². The normalized spacial score (nSPS) is 11.8. The Morgan fingerprint density at radius 1 is 1.22 bits per heavy atom. The van der Waals surface area contributed by atoms with E-state index in [0.29, 0.717) is 11.7 Å². The molecule has 1 amide bonds. The Morgan fingerprint density at radius 2 is 2.04 bits per heavy atom. The van der Waals surface area contributed by atoms with Crippen molar-refractivity contribution in [2.24, 2.45) is 0 Å². The first-order valence-electron chi connectivity index (χ1n) is 8.56. The summed E-state index contributed by atoms with van der Waals surface area (Å²) in [5.74, 6) is 2.27. The predicted octanol–water partition coefficient (Wildman–Crippen LogP) is 3.68. The predicted molar refractivity (Wildman–Crippen MR) is 105 cm³/mol. The highest BCUT2D eigenvalue weighted by atomic mass is 32.2. The summed E-state index contributed by atoms with van der Waals surface area (Å²) in [4.78, 5) is 16.6. The van der Waals surface area contributed by atoms with Gasteiger partial charge in [0.2, 0.25) is 17.6 Å². The quantitative estimate of drug-likeness (QED) is 0.639. The first kappa shape index (κ1) is 19.0. The van der Waals surface area contributed by atoms with E-state index in [-0.39, 0.29) is 17.7 Å². The molecule has 3 aromatic rings. The minimum absolute atomic E-state index is 0.0583. The second-order valence-electron chi connectivity index (χ2n) is 5.90. The Labute approximate surface area is 162 Å². The number of rotatable bonds is 8. The second-order valence-corrected chi connectivity index (χ2v) is 7.23. The molecule has 3 rings (SSSR count). The fourth-order valence-electron chi connectivity index (χ4n) is 2.38. The molecule has 2 aromatic carbocycles. The van der Waals surface area contributed by atoms with Gasteiger partial charge >= 0.3 is 0 Å². The largest absolute Gasteiger partial charge is 0.497 e. The second kappa shape index (κ2) is 9.23. The summed E-state index contributed by atoms with van der Waals surface area (Å²) < 4.78 is 10.4. The Hall–Kier alpha value is -2.80. The van der Waals surface area contributed by atoms with Gasteiger partial charge in [0.15, 0.2) is 0 Å². The molecule has 0 unspecified atom stereocenters. The third-order valence-electron chi connectivity index (χ3n) is 3.92. The maximum Gasteiger partial charge on any atom is 0.246 e. The fourth-order valence-corrected chi connectivity index (χ4v) is 3.25. The van der Waals surface area contributed by atoms with Crippen molar-refractivity contribution >= 4 is 17.7 Å². The first-order chi connectivity index (χ1) is 13.2. The van der Waals surface area contributed by atoms with Gasteiger partial charge in [0.25, 0.3) is 0 Å². The van der Waals surface area contributed by atoms with Crippen molar-refractivity contribution in [1.82, 2.24) is 15.5 Å². The molecule has 0 aliphatic heterocycles. The molecule has 27 heavy (non-hydrogen) atoms. The lowest BCUT2D eigenvalue weighted by atomic mass is 10.2. The molecule has 1 aromatic heterocycles. The van der Waals surface area contributed by atoms with E-state index in [1.54, 1.807) is 18.9 Å². The maximum atomic E-state index is 12.3.